The van der Waals surface area contributed by atoms with E-state index in [0.717, 1.165) is 25.2 Å². The molecule has 0 spiro atoms. The molecule has 2 rings (SSSR count). The number of nitrogens with zero attached hydrogens (tertiary/aromatic N) is 2. The van der Waals surface area contributed by atoms with Gasteiger partial charge in [0.15, 0.2) is 0 Å². The quantitative estimate of drug-likeness (QED) is 0.862. The first-order valence-electron chi connectivity index (χ1n) is 5.54. The number of rotatable bonds is 5. The second-order valence-electron chi connectivity index (χ2n) is 3.81. The van der Waals surface area contributed by atoms with Crippen molar-refractivity contribution in [3.05, 3.63) is 39.8 Å². The van der Waals surface area contributed by atoms with Crippen LogP contribution in [0.4, 0.5) is 0 Å². The number of nitrogens with one attached hydrogen (secondary N) is 1. The summed E-state index contributed by atoms with van der Waals surface area (Å²) >= 11 is 1.83. The van der Waals surface area contributed by atoms with E-state index in [1.165, 1.54) is 10.4 Å². The van der Waals surface area contributed by atoms with Crippen LogP contribution in [0.1, 0.15) is 23.1 Å². The summed E-state index contributed by atoms with van der Waals surface area (Å²) < 4.78 is 1.83. The lowest BCUT2D eigenvalue weighted by Gasteiger charge is -2.03. The van der Waals surface area contributed by atoms with Crippen molar-refractivity contribution < 1.29 is 0 Å². The first-order valence-corrected chi connectivity index (χ1v) is 6.42. The minimum Gasteiger partial charge on any atom is -0.306 e. The highest BCUT2D eigenvalue weighted by Gasteiger charge is 2.02. The molecule has 0 aliphatic rings. The lowest BCUT2D eigenvalue weighted by atomic mass is 10.2. The maximum absolute atomic E-state index is 4.33. The second kappa shape index (κ2) is 5.27. The van der Waals surface area contributed by atoms with Crippen molar-refractivity contribution in [2.45, 2.75) is 26.4 Å². The number of thiophene rings is 1. The molecule has 0 radical (unpaired) electrons. The van der Waals surface area contributed by atoms with Gasteiger partial charge in [0, 0.05) is 31.2 Å². The minimum absolute atomic E-state index is 0.835. The van der Waals surface area contributed by atoms with Crippen molar-refractivity contribution in [1.82, 2.24) is 15.1 Å². The number of aryl methyl sites for hydroxylation is 2. The molecule has 2 heterocycles. The van der Waals surface area contributed by atoms with E-state index >= 15 is 0 Å². The van der Waals surface area contributed by atoms with Crippen LogP contribution in [0.2, 0.25) is 0 Å². The zero-order chi connectivity index (χ0) is 11.4. The molecule has 86 valence electrons. The van der Waals surface area contributed by atoms with E-state index in [4.69, 9.17) is 0 Å². The molecule has 0 fully saturated rings. The molecule has 0 atom stereocenters. The van der Waals surface area contributed by atoms with E-state index in [9.17, 15) is 0 Å². The molecule has 0 saturated carbocycles. The van der Waals surface area contributed by atoms with Gasteiger partial charge in [0.1, 0.15) is 0 Å². The highest BCUT2D eigenvalue weighted by Crippen LogP contribution is 2.16. The van der Waals surface area contributed by atoms with E-state index in [2.05, 4.69) is 28.8 Å². The van der Waals surface area contributed by atoms with E-state index in [0.29, 0.717) is 0 Å². The molecular formula is C12H17N3S. The third-order valence-electron chi connectivity index (χ3n) is 2.58. The zero-order valence-corrected chi connectivity index (χ0v) is 10.5. The molecule has 3 nitrogen and oxygen atoms in total. The van der Waals surface area contributed by atoms with Gasteiger partial charge in [0.25, 0.3) is 0 Å². The molecule has 0 aliphatic carbocycles. The van der Waals surface area contributed by atoms with Gasteiger partial charge >= 0.3 is 0 Å². The maximum atomic E-state index is 4.33. The van der Waals surface area contributed by atoms with Crippen LogP contribution in [0.15, 0.2) is 23.7 Å². The standard InChI is InChI=1S/C12H17N3S/c1-3-10-5-7-16-12(10)9-13-8-11-4-6-15(2)14-11/h4-7,13H,3,8-9H2,1-2H3. The Balaban J connectivity index is 1.84. The summed E-state index contributed by atoms with van der Waals surface area (Å²) in [5.74, 6) is 0. The number of hydrogen-bond donors (Lipinski definition) is 1. The van der Waals surface area contributed by atoms with Crippen molar-refractivity contribution in [3.8, 4) is 0 Å². The molecule has 1 N–H and O–H groups in total. The van der Waals surface area contributed by atoms with E-state index in [1.807, 2.05) is 35.3 Å². The van der Waals surface area contributed by atoms with Gasteiger partial charge < -0.3 is 5.32 Å². The number of aromatic nitrogens is 2. The topological polar surface area (TPSA) is 29.9 Å². The average Bonchev–Trinajstić information content (AvgIpc) is 2.87. The Morgan fingerprint density at radius 3 is 2.94 bits per heavy atom. The fourth-order valence-electron chi connectivity index (χ4n) is 1.70. The summed E-state index contributed by atoms with van der Waals surface area (Å²) in [6.07, 6.45) is 3.09. The molecule has 0 aromatic carbocycles. The van der Waals surface area contributed by atoms with Crippen LogP contribution in [0.25, 0.3) is 0 Å². The summed E-state index contributed by atoms with van der Waals surface area (Å²) in [6, 6.07) is 4.25. The van der Waals surface area contributed by atoms with Crippen molar-refractivity contribution in [2.24, 2.45) is 7.05 Å². The van der Waals surface area contributed by atoms with Crippen molar-refractivity contribution >= 4 is 11.3 Å². The Bertz CT molecular complexity index is 445. The Kier molecular flexibility index (Phi) is 3.74. The fourth-order valence-corrected chi connectivity index (χ4v) is 2.64. The van der Waals surface area contributed by atoms with Crippen molar-refractivity contribution in [2.75, 3.05) is 0 Å². The summed E-state index contributed by atoms with van der Waals surface area (Å²) in [4.78, 5) is 1.44. The van der Waals surface area contributed by atoms with Gasteiger partial charge in [0.2, 0.25) is 0 Å². The molecule has 2 aromatic rings. The van der Waals surface area contributed by atoms with E-state index < -0.39 is 0 Å². The second-order valence-corrected chi connectivity index (χ2v) is 4.81. The molecule has 0 amide bonds. The molecular weight excluding hydrogens is 218 g/mol. The smallest absolute Gasteiger partial charge is 0.0762 e. The highest BCUT2D eigenvalue weighted by molar-refractivity contribution is 7.10. The normalized spacial score (nSPS) is 10.9. The zero-order valence-electron chi connectivity index (χ0n) is 9.73. The van der Waals surface area contributed by atoms with Gasteiger partial charge in [-0.1, -0.05) is 6.92 Å². The number of hydrogen-bond acceptors (Lipinski definition) is 3. The van der Waals surface area contributed by atoms with Crippen LogP contribution in [-0.2, 0) is 26.6 Å². The third-order valence-corrected chi connectivity index (χ3v) is 3.54. The molecule has 0 unspecified atom stereocenters. The largest absolute Gasteiger partial charge is 0.306 e. The predicted octanol–water partition coefficient (Wildman–Crippen LogP) is 2.33. The fraction of sp³-hybridized carbons (Fsp3) is 0.417. The first kappa shape index (κ1) is 11.4. The monoisotopic (exact) mass is 235 g/mol. The molecule has 0 saturated heterocycles. The minimum atomic E-state index is 0.835. The van der Waals surface area contributed by atoms with Crippen molar-refractivity contribution in [3.63, 3.8) is 0 Å². The van der Waals surface area contributed by atoms with Crippen LogP contribution in [0.3, 0.4) is 0 Å². The summed E-state index contributed by atoms with van der Waals surface area (Å²) in [7, 11) is 1.94. The Morgan fingerprint density at radius 1 is 1.38 bits per heavy atom. The molecule has 0 aliphatic heterocycles. The Hall–Kier alpha value is -1.13. The van der Waals surface area contributed by atoms with Gasteiger partial charge in [-0.3, -0.25) is 4.68 Å². The molecule has 2 aromatic heterocycles. The van der Waals surface area contributed by atoms with Crippen LogP contribution >= 0.6 is 11.3 Å². The molecule has 0 bridgehead atoms. The van der Waals surface area contributed by atoms with Gasteiger partial charge in [0.05, 0.1) is 5.69 Å². The van der Waals surface area contributed by atoms with Gasteiger partial charge in [-0.25, -0.2) is 0 Å². The van der Waals surface area contributed by atoms with Crippen LogP contribution in [0.5, 0.6) is 0 Å². The molecule has 16 heavy (non-hydrogen) atoms. The van der Waals surface area contributed by atoms with Crippen molar-refractivity contribution in [1.29, 1.82) is 0 Å². The van der Waals surface area contributed by atoms with Gasteiger partial charge in [-0.15, -0.1) is 11.3 Å². The van der Waals surface area contributed by atoms with Gasteiger partial charge in [-0.2, -0.15) is 5.10 Å². The average molecular weight is 235 g/mol. The van der Waals surface area contributed by atoms with Crippen LogP contribution in [0, 0.1) is 0 Å². The predicted molar refractivity (Wildman–Crippen MR) is 67.4 cm³/mol. The van der Waals surface area contributed by atoms with Crippen LogP contribution < -0.4 is 5.32 Å². The Morgan fingerprint density at radius 2 is 2.25 bits per heavy atom. The van der Waals surface area contributed by atoms with Crippen LogP contribution in [-0.4, -0.2) is 9.78 Å². The summed E-state index contributed by atoms with van der Waals surface area (Å²) in [5.41, 5.74) is 2.55. The first-order chi connectivity index (χ1) is 7.79. The lowest BCUT2D eigenvalue weighted by Crippen LogP contribution is -2.13. The molecule has 4 heteroatoms. The third kappa shape index (κ3) is 2.71. The van der Waals surface area contributed by atoms with Gasteiger partial charge in [-0.05, 0) is 29.5 Å². The SMILES string of the molecule is CCc1ccsc1CNCc1ccn(C)n1. The maximum Gasteiger partial charge on any atom is 0.0762 e. The van der Waals surface area contributed by atoms with E-state index in [1.54, 1.807) is 0 Å². The summed E-state index contributed by atoms with van der Waals surface area (Å²) in [6.45, 7) is 3.98. The Labute approximate surface area is 100 Å². The van der Waals surface area contributed by atoms with E-state index in [-0.39, 0.29) is 0 Å². The highest BCUT2D eigenvalue weighted by atomic mass is 32.1. The summed E-state index contributed by atoms with van der Waals surface area (Å²) in [5, 5.41) is 9.92. The lowest BCUT2D eigenvalue weighted by molar-refractivity contribution is 0.659.